The van der Waals surface area contributed by atoms with Crippen LogP contribution in [0.1, 0.15) is 58.6 Å². The molecule has 2 aromatic carbocycles. The highest BCUT2D eigenvalue weighted by molar-refractivity contribution is 6.04. The molecule has 0 fully saturated rings. The maximum atomic E-state index is 12.8. The van der Waals surface area contributed by atoms with E-state index in [1.54, 1.807) is 18.2 Å². The van der Waals surface area contributed by atoms with E-state index in [2.05, 4.69) is 20.4 Å². The zero-order valence-corrected chi connectivity index (χ0v) is 26.0. The van der Waals surface area contributed by atoms with Crippen molar-refractivity contribution in [3.05, 3.63) is 53.8 Å². The largest absolute Gasteiger partial charge is 0.493 e. The molecule has 0 aliphatic carbocycles. The van der Waals surface area contributed by atoms with Gasteiger partial charge in [-0.05, 0) is 68.5 Å². The zero-order chi connectivity index (χ0) is 31.2. The van der Waals surface area contributed by atoms with Crippen molar-refractivity contribution in [3.8, 4) is 34.5 Å². The maximum absolute atomic E-state index is 12.8. The molecule has 0 spiro atoms. The highest BCUT2D eigenvalue weighted by atomic mass is 16.6. The van der Waals surface area contributed by atoms with E-state index in [1.165, 1.54) is 34.5 Å². The average molecular weight is 583 g/mol. The van der Waals surface area contributed by atoms with Crippen molar-refractivity contribution in [2.75, 3.05) is 35.0 Å². The van der Waals surface area contributed by atoms with Crippen molar-refractivity contribution in [1.29, 1.82) is 0 Å². The monoisotopic (exact) mass is 582 g/mol. The van der Waals surface area contributed by atoms with Gasteiger partial charge in [-0.2, -0.15) is 0 Å². The summed E-state index contributed by atoms with van der Waals surface area (Å²) >= 11 is 0. The van der Waals surface area contributed by atoms with Crippen LogP contribution in [0.15, 0.2) is 42.7 Å². The predicted molar refractivity (Wildman–Crippen MR) is 160 cm³/mol. The topological polar surface area (TPSA) is 98.8 Å². The number of methoxy groups -OCH3 is 4. The van der Waals surface area contributed by atoms with Crippen molar-refractivity contribution >= 4 is 17.3 Å². The Bertz CT molecular complexity index is 1350. The molecule has 9 nitrogen and oxygen atoms in total. The van der Waals surface area contributed by atoms with Gasteiger partial charge >= 0.3 is 5.97 Å². The Morgan fingerprint density at radius 3 is 2.19 bits per heavy atom. The molecule has 228 valence electrons. The summed E-state index contributed by atoms with van der Waals surface area (Å²) in [5, 5.41) is 0. The summed E-state index contributed by atoms with van der Waals surface area (Å²) < 4.78 is 40.0. The van der Waals surface area contributed by atoms with Crippen molar-refractivity contribution < 1.29 is 42.7 Å². The van der Waals surface area contributed by atoms with Gasteiger partial charge in [0, 0.05) is 11.5 Å². The Hall–Kier alpha value is -4.14. The van der Waals surface area contributed by atoms with E-state index < -0.39 is 5.60 Å². The molecule has 42 heavy (non-hydrogen) atoms. The molecule has 0 saturated heterocycles. The van der Waals surface area contributed by atoms with Crippen LogP contribution in [-0.4, -0.2) is 52.4 Å². The van der Waals surface area contributed by atoms with Gasteiger partial charge in [-0.1, -0.05) is 26.5 Å². The third kappa shape index (κ3) is 7.78. The molecule has 3 rings (SSSR count). The van der Waals surface area contributed by atoms with Crippen LogP contribution < -0.4 is 28.4 Å². The normalized spacial score (nSPS) is 13.7. The van der Waals surface area contributed by atoms with Crippen molar-refractivity contribution in [3.63, 3.8) is 0 Å². The fraction of sp³-hybridized carbons (Fsp3) is 0.455. The highest BCUT2D eigenvalue weighted by Crippen LogP contribution is 2.50. The van der Waals surface area contributed by atoms with Crippen molar-refractivity contribution in [1.82, 2.24) is 0 Å². The van der Waals surface area contributed by atoms with Crippen LogP contribution in [0.4, 0.5) is 0 Å². The van der Waals surface area contributed by atoms with Gasteiger partial charge in [-0.25, -0.2) is 0 Å². The molecule has 0 saturated carbocycles. The lowest BCUT2D eigenvalue weighted by molar-refractivity contribution is -0.156. The molecule has 0 bridgehead atoms. The lowest BCUT2D eigenvalue weighted by Crippen LogP contribution is -2.26. The minimum atomic E-state index is -0.599. The fourth-order valence-electron chi connectivity index (χ4n) is 4.77. The molecule has 1 heterocycles. The number of benzene rings is 2. The summed E-state index contributed by atoms with van der Waals surface area (Å²) in [6.07, 6.45) is 2.32. The van der Waals surface area contributed by atoms with Gasteiger partial charge in [-0.3, -0.25) is 9.59 Å². The van der Waals surface area contributed by atoms with Gasteiger partial charge in [0.25, 0.3) is 0 Å². The Morgan fingerprint density at radius 1 is 0.952 bits per heavy atom. The number of ether oxygens (including phenoxy) is 7. The molecular weight excluding hydrogens is 540 g/mol. The molecule has 2 aromatic rings. The summed E-state index contributed by atoms with van der Waals surface area (Å²) in [4.78, 5) is 25.5. The number of rotatable bonds is 12. The second-order valence-corrected chi connectivity index (χ2v) is 11.4. The number of allylic oxidation sites excluding steroid dienone is 1. The van der Waals surface area contributed by atoms with Gasteiger partial charge in [-0.15, -0.1) is 0 Å². The summed E-state index contributed by atoms with van der Waals surface area (Å²) in [5.41, 5.74) is 1.20. The van der Waals surface area contributed by atoms with E-state index >= 15 is 0 Å². The molecule has 1 aliphatic heterocycles. The molecule has 1 aliphatic rings. The number of hydrogen-bond acceptors (Lipinski definition) is 9. The van der Waals surface area contributed by atoms with Crippen LogP contribution in [0, 0.1) is 11.8 Å². The quantitative estimate of drug-likeness (QED) is 0.208. The van der Waals surface area contributed by atoms with Crippen LogP contribution >= 0.6 is 0 Å². The SMILES string of the molecule is C=C(Oc1cc(C2=CC(=O)COc3c2cc(OC)c(OC)c3OC)ccc1OC)C(CC(=O)OC(C)(C)C)CC(C)C. The maximum Gasteiger partial charge on any atom is 0.307 e. The fourth-order valence-corrected chi connectivity index (χ4v) is 4.77. The summed E-state index contributed by atoms with van der Waals surface area (Å²) in [6.45, 7) is 13.6. The van der Waals surface area contributed by atoms with E-state index in [9.17, 15) is 9.59 Å². The summed E-state index contributed by atoms with van der Waals surface area (Å²) in [7, 11) is 6.05. The summed E-state index contributed by atoms with van der Waals surface area (Å²) in [5.74, 6) is 2.11. The van der Waals surface area contributed by atoms with Crippen LogP contribution in [-0.2, 0) is 14.3 Å². The van der Waals surface area contributed by atoms with E-state index in [1.807, 2.05) is 26.8 Å². The van der Waals surface area contributed by atoms with Crippen LogP contribution in [0.2, 0.25) is 0 Å². The first-order valence-corrected chi connectivity index (χ1v) is 13.8. The number of fused-ring (bicyclic) bond motifs is 1. The van der Waals surface area contributed by atoms with Gasteiger partial charge in [0.15, 0.2) is 35.4 Å². The van der Waals surface area contributed by atoms with E-state index in [0.717, 1.165) is 0 Å². The molecule has 1 atom stereocenters. The third-order valence-corrected chi connectivity index (χ3v) is 6.50. The van der Waals surface area contributed by atoms with E-state index in [0.29, 0.717) is 63.4 Å². The number of carbonyl (C=O) groups excluding carboxylic acids is 2. The number of esters is 1. The lowest BCUT2D eigenvalue weighted by Gasteiger charge is -2.25. The number of hydrogen-bond donors (Lipinski definition) is 0. The minimum Gasteiger partial charge on any atom is -0.493 e. The van der Waals surface area contributed by atoms with Crippen molar-refractivity contribution in [2.24, 2.45) is 11.8 Å². The first-order chi connectivity index (χ1) is 19.8. The smallest absolute Gasteiger partial charge is 0.307 e. The van der Waals surface area contributed by atoms with E-state index in [4.69, 9.17) is 33.2 Å². The lowest BCUT2D eigenvalue weighted by atomic mass is 9.92. The molecule has 0 amide bonds. The summed E-state index contributed by atoms with van der Waals surface area (Å²) in [6, 6.07) is 7.07. The van der Waals surface area contributed by atoms with Gasteiger partial charge in [0.1, 0.15) is 11.4 Å². The van der Waals surface area contributed by atoms with Crippen LogP contribution in [0.3, 0.4) is 0 Å². The van der Waals surface area contributed by atoms with E-state index in [-0.39, 0.29) is 36.6 Å². The molecule has 0 aromatic heterocycles. The van der Waals surface area contributed by atoms with Crippen molar-refractivity contribution in [2.45, 2.75) is 53.1 Å². The molecule has 0 N–H and O–H groups in total. The molecule has 0 radical (unpaired) electrons. The molecular formula is C33H42O9. The highest BCUT2D eigenvalue weighted by Gasteiger charge is 2.29. The first kappa shape index (κ1) is 32.4. The average Bonchev–Trinajstić information content (AvgIpc) is 3.08. The third-order valence-electron chi connectivity index (χ3n) is 6.50. The Kier molecular flexibility index (Phi) is 10.5. The molecule has 1 unspecified atom stereocenters. The second kappa shape index (κ2) is 13.7. The van der Waals surface area contributed by atoms with Gasteiger partial charge < -0.3 is 33.2 Å². The zero-order valence-electron chi connectivity index (χ0n) is 26.0. The Morgan fingerprint density at radius 2 is 1.62 bits per heavy atom. The first-order valence-electron chi connectivity index (χ1n) is 13.8. The second-order valence-electron chi connectivity index (χ2n) is 11.4. The predicted octanol–water partition coefficient (Wildman–Crippen LogP) is 6.40. The number of carbonyl (C=O) groups is 2. The van der Waals surface area contributed by atoms with Crippen LogP contribution in [0.5, 0.6) is 34.5 Å². The van der Waals surface area contributed by atoms with Gasteiger partial charge in [0.05, 0.1) is 34.9 Å². The molecule has 9 heteroatoms. The standard InChI is InChI=1S/C33H42O9/c1-19(2)13-22(15-29(35)42-33(4,5)6)20(3)41-27-14-21(11-12-26(27)36-7)24-16-23(34)18-40-30-25(24)17-28(37-8)31(38-9)32(30)39-10/h11-12,14,16-17,19,22H,3,13,15,18H2,1-2,4-10H3. The Balaban J connectivity index is 2.06. The van der Waals surface area contributed by atoms with Crippen LogP contribution in [0.25, 0.3) is 5.57 Å². The van der Waals surface area contributed by atoms with Gasteiger partial charge in [0.2, 0.25) is 11.5 Å². The Labute approximate surface area is 248 Å². The minimum absolute atomic E-state index is 0.127. The number of ketones is 1.